The number of ether oxygens (including phenoxy) is 5. The predicted octanol–water partition coefficient (Wildman–Crippen LogP) is 22.5. The van der Waals surface area contributed by atoms with Crippen LogP contribution in [0.2, 0.25) is 0 Å². The Labute approximate surface area is 542 Å². The Morgan fingerprint density at radius 3 is 1.10 bits per heavy atom. The van der Waals surface area contributed by atoms with Gasteiger partial charge in [0, 0.05) is 11.1 Å². The van der Waals surface area contributed by atoms with E-state index in [1.165, 1.54) is 178 Å². The van der Waals surface area contributed by atoms with Crippen LogP contribution in [0.25, 0.3) is 24.3 Å². The second-order valence-corrected chi connectivity index (χ2v) is 25.0. The number of carbonyl (C=O) groups is 2. The van der Waals surface area contributed by atoms with Gasteiger partial charge in [0.2, 0.25) is 17.9 Å². The third-order valence-corrected chi connectivity index (χ3v) is 17.3. The van der Waals surface area contributed by atoms with Gasteiger partial charge in [-0.2, -0.15) is 9.98 Å². The SMILES string of the molecule is CCCCCCCCCCCCOc1cc(/C=C/c2cc(OC[C@@H](C)CC)c(/C=C/c3ccc(N4C(=O)c5c(N=C=O)ccc(N=C=O)c5C4=O)cc3)cc2OC[C@@H](C)CC)cc(OCCCCCCCCCCCC)c1OCCCCCCCCCCCC. The van der Waals surface area contributed by atoms with Crippen LogP contribution < -0.4 is 28.6 Å². The average Bonchev–Trinajstić information content (AvgIpc) is 1.60. The maximum atomic E-state index is 13.8. The van der Waals surface area contributed by atoms with Crippen LogP contribution in [0.3, 0.4) is 0 Å². The molecule has 0 aromatic heterocycles. The highest BCUT2D eigenvalue weighted by Gasteiger charge is 2.41. The molecule has 1 heterocycles. The fourth-order valence-electron chi connectivity index (χ4n) is 11.1. The van der Waals surface area contributed by atoms with E-state index in [0.717, 1.165) is 90.0 Å². The topological polar surface area (TPSA) is 142 Å². The molecule has 1 aliphatic rings. The van der Waals surface area contributed by atoms with Crippen LogP contribution in [0, 0.1) is 11.8 Å². The lowest BCUT2D eigenvalue weighted by molar-refractivity contribution is 0.0926. The predicted molar refractivity (Wildman–Crippen MR) is 372 cm³/mol. The van der Waals surface area contributed by atoms with E-state index in [1.807, 2.05) is 18.2 Å². The number of anilines is 1. The molecule has 4 aromatic rings. The van der Waals surface area contributed by atoms with E-state index in [-0.39, 0.29) is 22.5 Å². The number of fused-ring (bicyclic) bond motifs is 1. The van der Waals surface area contributed by atoms with Gasteiger partial charge in [0.1, 0.15) is 11.5 Å². The smallest absolute Gasteiger partial charge is 0.268 e. The first-order valence-corrected chi connectivity index (χ1v) is 35.3. The number of amides is 2. The van der Waals surface area contributed by atoms with Crippen molar-refractivity contribution in [3.63, 3.8) is 0 Å². The Balaban J connectivity index is 1.46. The van der Waals surface area contributed by atoms with Gasteiger partial charge in [-0.1, -0.05) is 271 Å². The molecule has 0 spiro atoms. The van der Waals surface area contributed by atoms with E-state index < -0.39 is 11.8 Å². The Kier molecular flexibility index (Phi) is 36.7. The summed E-state index contributed by atoms with van der Waals surface area (Å²) in [6.45, 7) is 18.4. The quantitative estimate of drug-likeness (QED) is 0.0139. The zero-order chi connectivity index (χ0) is 64.4. The number of unbranched alkanes of at least 4 members (excludes halogenated alkanes) is 27. The highest BCUT2D eigenvalue weighted by Crippen LogP contribution is 2.42. The summed E-state index contributed by atoms with van der Waals surface area (Å²) in [4.78, 5) is 58.4. The zero-order valence-electron chi connectivity index (χ0n) is 56.4. The highest BCUT2D eigenvalue weighted by molar-refractivity contribution is 6.37. The molecule has 12 heteroatoms. The molecular formula is C78H111N3O9. The summed E-state index contributed by atoms with van der Waals surface area (Å²) >= 11 is 0. The molecule has 0 radical (unpaired) electrons. The number of carbonyl (C=O) groups excluding carboxylic acids is 4. The first-order valence-electron chi connectivity index (χ1n) is 35.3. The molecule has 0 N–H and O–H groups in total. The van der Waals surface area contributed by atoms with Crippen molar-refractivity contribution in [2.45, 2.75) is 254 Å². The summed E-state index contributed by atoms with van der Waals surface area (Å²) in [7, 11) is 0. The van der Waals surface area contributed by atoms with E-state index in [2.05, 4.69) is 88.8 Å². The van der Waals surface area contributed by atoms with Gasteiger partial charge in [-0.3, -0.25) is 9.59 Å². The molecule has 0 unspecified atom stereocenters. The largest absolute Gasteiger partial charge is 0.493 e. The number of hydrogen-bond donors (Lipinski definition) is 0. The molecular weight excluding hydrogens is 1120 g/mol. The minimum atomic E-state index is -0.694. The van der Waals surface area contributed by atoms with Crippen LogP contribution >= 0.6 is 0 Å². The maximum Gasteiger partial charge on any atom is 0.268 e. The van der Waals surface area contributed by atoms with Crippen molar-refractivity contribution >= 4 is 65.3 Å². The number of isocyanates is 2. The number of nitrogens with zero attached hydrogens (tertiary/aromatic N) is 3. The third kappa shape index (κ3) is 26.2. The molecule has 4 aromatic carbocycles. The van der Waals surface area contributed by atoms with Crippen LogP contribution in [-0.4, -0.2) is 57.0 Å². The summed E-state index contributed by atoms with van der Waals surface area (Å²) in [5.41, 5.74) is 3.37. The number of benzene rings is 4. The lowest BCUT2D eigenvalue weighted by atomic mass is 10.0. The molecule has 1 aliphatic heterocycles. The molecule has 0 fully saturated rings. The summed E-state index contributed by atoms with van der Waals surface area (Å²) in [5, 5.41) is 0. The third-order valence-electron chi connectivity index (χ3n) is 17.3. The summed E-state index contributed by atoms with van der Waals surface area (Å²) in [6, 6.07) is 18.0. The standard InChI is InChI=1S/C78H111N3O9/c1-8-13-16-19-22-25-28-31-34-37-50-86-72-53-64(54-73(87-51-38-35-32-29-26-23-20-17-14-9-2)76(72)88-52-39-36-33-30-27-24-21-18-15-10-3)41-45-66-56-70(89-57-61(6)11-4)65(55-71(66)90-58-62(7)12-5)44-40-63-42-46-67(47-43-63)81-77(84)74-68(79-59-82)48-49-69(80-60-83)75(74)78(81)85/h40-49,53-56,61-62H,8-39,50-52,57-58H2,1-7H3/b44-40+,45-41+/t61-,62-/m0/s1. The van der Waals surface area contributed by atoms with E-state index in [1.54, 1.807) is 24.3 Å². The van der Waals surface area contributed by atoms with Gasteiger partial charge in [-0.25, -0.2) is 14.5 Å². The van der Waals surface area contributed by atoms with E-state index in [0.29, 0.717) is 67.8 Å². The first-order chi connectivity index (χ1) is 44.1. The molecule has 0 saturated heterocycles. The van der Waals surface area contributed by atoms with Crippen LogP contribution in [0.1, 0.15) is 297 Å². The molecule has 12 nitrogen and oxygen atoms in total. The summed E-state index contributed by atoms with van der Waals surface area (Å²) in [6.07, 6.45) is 50.6. The fourth-order valence-corrected chi connectivity index (χ4v) is 11.1. The van der Waals surface area contributed by atoms with Crippen LogP contribution in [-0.2, 0) is 9.59 Å². The number of imide groups is 1. The van der Waals surface area contributed by atoms with E-state index in [4.69, 9.17) is 23.7 Å². The van der Waals surface area contributed by atoms with Gasteiger partial charge in [-0.15, -0.1) is 0 Å². The molecule has 5 rings (SSSR count). The van der Waals surface area contributed by atoms with Crippen molar-refractivity contribution in [2.75, 3.05) is 37.9 Å². The van der Waals surface area contributed by atoms with Gasteiger partial charge >= 0.3 is 0 Å². The number of aliphatic imine (C=N–C) groups is 2. The Hall–Kier alpha value is -6.74. The monoisotopic (exact) mass is 1230 g/mol. The van der Waals surface area contributed by atoms with Crippen molar-refractivity contribution in [3.8, 4) is 28.7 Å². The molecule has 0 saturated carbocycles. The van der Waals surface area contributed by atoms with E-state index in [9.17, 15) is 19.2 Å². The van der Waals surface area contributed by atoms with Gasteiger partial charge in [0.25, 0.3) is 11.8 Å². The Morgan fingerprint density at radius 1 is 0.400 bits per heavy atom. The van der Waals surface area contributed by atoms with Crippen molar-refractivity contribution in [1.29, 1.82) is 0 Å². The van der Waals surface area contributed by atoms with Gasteiger partial charge in [-0.05, 0) is 90.8 Å². The van der Waals surface area contributed by atoms with Gasteiger partial charge in [0.05, 0.1) is 61.2 Å². The van der Waals surface area contributed by atoms with Gasteiger partial charge < -0.3 is 23.7 Å². The molecule has 2 atom stereocenters. The number of rotatable bonds is 51. The van der Waals surface area contributed by atoms with Crippen molar-refractivity contribution in [3.05, 3.63) is 94.0 Å². The van der Waals surface area contributed by atoms with Crippen molar-refractivity contribution < 1.29 is 42.9 Å². The van der Waals surface area contributed by atoms with Crippen LogP contribution in [0.4, 0.5) is 17.1 Å². The minimum absolute atomic E-state index is 0.0397. The maximum absolute atomic E-state index is 13.8. The van der Waals surface area contributed by atoms with Crippen molar-refractivity contribution in [2.24, 2.45) is 21.8 Å². The second kappa shape index (κ2) is 44.7. The number of hydrogen-bond acceptors (Lipinski definition) is 11. The summed E-state index contributed by atoms with van der Waals surface area (Å²) < 4.78 is 33.8. The van der Waals surface area contributed by atoms with Crippen LogP contribution in [0.5, 0.6) is 28.7 Å². The molecule has 90 heavy (non-hydrogen) atoms. The highest BCUT2D eigenvalue weighted by atomic mass is 16.5. The normalized spacial score (nSPS) is 12.8. The fraction of sp³-hybridized carbons (Fsp3) is 0.590. The van der Waals surface area contributed by atoms with Gasteiger partial charge in [0.15, 0.2) is 11.5 Å². The Bertz CT molecular complexity index is 2780. The van der Waals surface area contributed by atoms with E-state index >= 15 is 0 Å². The molecule has 492 valence electrons. The summed E-state index contributed by atoms with van der Waals surface area (Å²) in [5.74, 6) is 2.79. The van der Waals surface area contributed by atoms with Crippen LogP contribution in [0.15, 0.2) is 70.6 Å². The molecule has 2 amide bonds. The lowest BCUT2D eigenvalue weighted by Crippen LogP contribution is -2.29. The second-order valence-electron chi connectivity index (χ2n) is 25.0. The average molecular weight is 1230 g/mol. The first kappa shape index (κ1) is 74.0. The van der Waals surface area contributed by atoms with Crippen molar-refractivity contribution in [1.82, 2.24) is 0 Å². The zero-order valence-corrected chi connectivity index (χ0v) is 56.4. The lowest BCUT2D eigenvalue weighted by Gasteiger charge is -2.19. The Morgan fingerprint density at radius 2 is 0.744 bits per heavy atom. The molecule has 0 aliphatic carbocycles. The molecule has 0 bridgehead atoms. The minimum Gasteiger partial charge on any atom is -0.493 e.